The Morgan fingerprint density at radius 1 is 1.26 bits per heavy atom. The van der Waals surface area contributed by atoms with Gasteiger partial charge in [-0.3, -0.25) is 4.79 Å². The van der Waals surface area contributed by atoms with Crippen molar-refractivity contribution in [3.63, 3.8) is 0 Å². The summed E-state index contributed by atoms with van der Waals surface area (Å²) in [5.41, 5.74) is 3.39. The fourth-order valence-corrected chi connectivity index (χ4v) is 4.43. The number of piperidine rings is 1. The van der Waals surface area contributed by atoms with Crippen LogP contribution in [0, 0.1) is 6.92 Å². The lowest BCUT2D eigenvalue weighted by molar-refractivity contribution is 0.0692. The molecule has 0 bridgehead atoms. The minimum Gasteiger partial charge on any atom is -0.445 e. The van der Waals surface area contributed by atoms with Crippen molar-refractivity contribution < 1.29 is 9.21 Å². The summed E-state index contributed by atoms with van der Waals surface area (Å²) in [5.74, 6) is 1.54. The van der Waals surface area contributed by atoms with Gasteiger partial charge < -0.3 is 13.7 Å². The van der Waals surface area contributed by atoms with E-state index in [1.165, 1.54) is 0 Å². The molecule has 4 heterocycles. The Morgan fingerprint density at radius 2 is 2.13 bits per heavy atom. The third-order valence-electron chi connectivity index (χ3n) is 5.81. The first-order valence-electron chi connectivity index (χ1n) is 10.5. The minimum absolute atomic E-state index is 0.0430. The van der Waals surface area contributed by atoms with E-state index in [9.17, 15) is 4.79 Å². The summed E-state index contributed by atoms with van der Waals surface area (Å²) in [7, 11) is 0. The van der Waals surface area contributed by atoms with Crippen molar-refractivity contribution in [2.45, 2.75) is 32.1 Å². The molecule has 0 unspecified atom stereocenters. The second-order valence-corrected chi connectivity index (χ2v) is 8.52. The SMILES string of the molecule is Cc1cccc2nc(C(=O)N3CCC[C@H](c4ncc(Cc5cccc(Cl)c5)o4)C3)cn12. The van der Waals surface area contributed by atoms with Crippen LogP contribution in [0.15, 0.2) is 59.3 Å². The molecule has 1 atom stereocenters. The number of aryl methyl sites for hydroxylation is 1. The van der Waals surface area contributed by atoms with Crippen molar-refractivity contribution in [2.24, 2.45) is 0 Å². The van der Waals surface area contributed by atoms with Gasteiger partial charge in [-0.2, -0.15) is 0 Å². The molecule has 4 aromatic rings. The molecule has 0 radical (unpaired) electrons. The maximum absolute atomic E-state index is 13.1. The number of imidazole rings is 1. The molecule has 1 amide bonds. The number of benzene rings is 1. The lowest BCUT2D eigenvalue weighted by Gasteiger charge is -2.30. The smallest absolute Gasteiger partial charge is 0.274 e. The van der Waals surface area contributed by atoms with E-state index < -0.39 is 0 Å². The van der Waals surface area contributed by atoms with Crippen LogP contribution in [0.1, 0.15) is 52.2 Å². The van der Waals surface area contributed by atoms with E-state index in [0.29, 0.717) is 29.6 Å². The van der Waals surface area contributed by atoms with Crippen LogP contribution in [-0.2, 0) is 6.42 Å². The number of oxazole rings is 1. The van der Waals surface area contributed by atoms with Crippen LogP contribution in [0.5, 0.6) is 0 Å². The highest BCUT2D eigenvalue weighted by Crippen LogP contribution is 2.28. The number of hydrogen-bond donors (Lipinski definition) is 0. The Bertz CT molecular complexity index is 1250. The summed E-state index contributed by atoms with van der Waals surface area (Å²) >= 11 is 6.08. The molecular weight excluding hydrogens is 412 g/mol. The first-order chi connectivity index (χ1) is 15.1. The van der Waals surface area contributed by atoms with E-state index in [-0.39, 0.29) is 11.8 Å². The van der Waals surface area contributed by atoms with Gasteiger partial charge in [-0.25, -0.2) is 9.97 Å². The zero-order valence-electron chi connectivity index (χ0n) is 17.3. The highest BCUT2D eigenvalue weighted by Gasteiger charge is 2.29. The lowest BCUT2D eigenvalue weighted by atomic mass is 9.98. The summed E-state index contributed by atoms with van der Waals surface area (Å²) in [6.07, 6.45) is 6.11. The maximum atomic E-state index is 13.1. The Balaban J connectivity index is 1.30. The molecule has 1 aliphatic heterocycles. The Labute approximate surface area is 185 Å². The lowest BCUT2D eigenvalue weighted by Crippen LogP contribution is -2.39. The number of amides is 1. The zero-order chi connectivity index (χ0) is 21.4. The largest absolute Gasteiger partial charge is 0.445 e. The first-order valence-corrected chi connectivity index (χ1v) is 10.9. The van der Waals surface area contributed by atoms with E-state index in [4.69, 9.17) is 16.0 Å². The van der Waals surface area contributed by atoms with Gasteiger partial charge >= 0.3 is 0 Å². The number of hydrogen-bond acceptors (Lipinski definition) is 4. The average Bonchev–Trinajstić information content (AvgIpc) is 3.41. The molecule has 1 aromatic carbocycles. The van der Waals surface area contributed by atoms with Gasteiger partial charge in [-0.15, -0.1) is 0 Å². The Morgan fingerprint density at radius 3 is 2.97 bits per heavy atom. The van der Waals surface area contributed by atoms with Crippen molar-refractivity contribution in [1.82, 2.24) is 19.3 Å². The second-order valence-electron chi connectivity index (χ2n) is 8.08. The summed E-state index contributed by atoms with van der Waals surface area (Å²) in [4.78, 5) is 24.0. The Hall–Kier alpha value is -3.12. The van der Waals surface area contributed by atoms with Crippen molar-refractivity contribution in [3.8, 4) is 0 Å². The minimum atomic E-state index is -0.0430. The molecule has 0 spiro atoms. The van der Waals surface area contributed by atoms with Gasteiger partial charge in [0.05, 0.1) is 12.1 Å². The molecule has 0 saturated carbocycles. The molecule has 31 heavy (non-hydrogen) atoms. The number of carbonyl (C=O) groups excluding carboxylic acids is 1. The number of rotatable bonds is 4. The molecule has 6 nitrogen and oxygen atoms in total. The average molecular weight is 435 g/mol. The predicted octanol–water partition coefficient (Wildman–Crippen LogP) is 4.89. The highest BCUT2D eigenvalue weighted by atomic mass is 35.5. The predicted molar refractivity (Wildman–Crippen MR) is 119 cm³/mol. The molecule has 1 fully saturated rings. The maximum Gasteiger partial charge on any atom is 0.274 e. The van der Waals surface area contributed by atoms with Gasteiger partial charge in [0.1, 0.15) is 17.1 Å². The molecule has 0 N–H and O–H groups in total. The summed E-state index contributed by atoms with van der Waals surface area (Å²) < 4.78 is 8.00. The Kier molecular flexibility index (Phi) is 5.24. The van der Waals surface area contributed by atoms with E-state index in [2.05, 4.69) is 9.97 Å². The van der Waals surface area contributed by atoms with E-state index in [0.717, 1.165) is 42.1 Å². The number of aromatic nitrogens is 3. The standard InChI is InChI=1S/C24H23ClN4O2/c1-16-5-2-9-22-27-21(15-29(16)22)24(30)28-10-4-7-18(14-28)23-26-13-20(31-23)12-17-6-3-8-19(25)11-17/h2-3,5-6,8-9,11,13,15,18H,4,7,10,12,14H2,1H3/t18-/m0/s1. The van der Waals surface area contributed by atoms with E-state index in [1.54, 1.807) is 6.20 Å². The summed E-state index contributed by atoms with van der Waals surface area (Å²) in [5, 5.41) is 0.709. The molecular formula is C24H23ClN4O2. The summed E-state index contributed by atoms with van der Waals surface area (Å²) in [6.45, 7) is 3.31. The third kappa shape index (κ3) is 4.08. The molecule has 5 rings (SSSR count). The van der Waals surface area contributed by atoms with Crippen molar-refractivity contribution in [2.75, 3.05) is 13.1 Å². The van der Waals surface area contributed by atoms with Crippen molar-refractivity contribution in [1.29, 1.82) is 0 Å². The number of halogens is 1. The second kappa shape index (κ2) is 8.19. The van der Waals surface area contributed by atoms with Crippen LogP contribution < -0.4 is 0 Å². The van der Waals surface area contributed by atoms with E-state index >= 15 is 0 Å². The normalized spacial score (nSPS) is 16.7. The summed E-state index contributed by atoms with van der Waals surface area (Å²) in [6, 6.07) is 13.6. The fraction of sp³-hybridized carbons (Fsp3) is 0.292. The quantitative estimate of drug-likeness (QED) is 0.458. The van der Waals surface area contributed by atoms with Gasteiger partial charge in [0, 0.05) is 36.4 Å². The molecule has 158 valence electrons. The van der Waals surface area contributed by atoms with Gasteiger partial charge in [0.25, 0.3) is 5.91 Å². The number of pyridine rings is 1. The number of fused-ring (bicyclic) bond motifs is 1. The molecule has 0 aliphatic carbocycles. The number of carbonyl (C=O) groups is 1. The topological polar surface area (TPSA) is 63.6 Å². The van der Waals surface area contributed by atoms with E-state index in [1.807, 2.05) is 64.9 Å². The van der Waals surface area contributed by atoms with Crippen molar-refractivity contribution >= 4 is 23.2 Å². The van der Waals surface area contributed by atoms with Crippen LogP contribution in [-0.4, -0.2) is 38.3 Å². The monoisotopic (exact) mass is 434 g/mol. The van der Waals surface area contributed by atoms with Crippen molar-refractivity contribution in [3.05, 3.63) is 88.5 Å². The molecule has 1 saturated heterocycles. The third-order valence-corrected chi connectivity index (χ3v) is 6.05. The fourth-order valence-electron chi connectivity index (χ4n) is 4.22. The number of likely N-dealkylation sites (tertiary alicyclic amines) is 1. The van der Waals surface area contributed by atoms with Crippen LogP contribution in [0.4, 0.5) is 0 Å². The first kappa shape index (κ1) is 19.8. The number of nitrogens with zero attached hydrogens (tertiary/aromatic N) is 4. The van der Waals surface area contributed by atoms with Crippen LogP contribution in [0.25, 0.3) is 5.65 Å². The highest BCUT2D eigenvalue weighted by molar-refractivity contribution is 6.30. The van der Waals surface area contributed by atoms with Gasteiger partial charge in [0.2, 0.25) is 0 Å². The van der Waals surface area contributed by atoms with Crippen LogP contribution >= 0.6 is 11.6 Å². The van der Waals surface area contributed by atoms with Gasteiger partial charge in [0.15, 0.2) is 5.89 Å². The molecule has 1 aliphatic rings. The molecule has 7 heteroatoms. The van der Waals surface area contributed by atoms with Gasteiger partial charge in [-0.1, -0.05) is 29.8 Å². The van der Waals surface area contributed by atoms with Gasteiger partial charge in [-0.05, 0) is 49.6 Å². The van der Waals surface area contributed by atoms with Crippen LogP contribution in [0.3, 0.4) is 0 Å². The zero-order valence-corrected chi connectivity index (χ0v) is 18.0. The molecule has 3 aromatic heterocycles. The van der Waals surface area contributed by atoms with Crippen LogP contribution in [0.2, 0.25) is 5.02 Å².